The quantitative estimate of drug-likeness (QED) is 0.413. The standard InChI is InChI=1S/C25H26ClF5N2O4S/c1-38(35,36)32-24(34)19-10-16(15-2-3-15)11-21(22(19)28)37-13-14-6-8-33(9-7-14)23(25(29,30)31)18-5-4-17(27)12-20(18)26/h4-5,10-12,14-15,23H,2-3,6-9,13H2,1H3,(H,32,34). The zero-order chi connectivity index (χ0) is 27.8. The van der Waals surface area contributed by atoms with Crippen LogP contribution in [0, 0.1) is 17.6 Å². The van der Waals surface area contributed by atoms with Gasteiger partial charge in [0.15, 0.2) is 11.6 Å². The first-order valence-corrected chi connectivity index (χ1v) is 14.2. The van der Waals surface area contributed by atoms with Gasteiger partial charge in [-0.05, 0) is 86.0 Å². The number of halogens is 6. The van der Waals surface area contributed by atoms with Crippen LogP contribution >= 0.6 is 11.6 Å². The number of benzene rings is 2. The van der Waals surface area contributed by atoms with Crippen molar-refractivity contribution in [1.82, 2.24) is 9.62 Å². The molecule has 1 aliphatic carbocycles. The summed E-state index contributed by atoms with van der Waals surface area (Å²) in [6, 6.07) is 3.63. The van der Waals surface area contributed by atoms with Crippen LogP contribution in [0.3, 0.4) is 0 Å². The molecular weight excluding hydrogens is 555 g/mol. The van der Waals surface area contributed by atoms with E-state index in [1.165, 1.54) is 17.0 Å². The van der Waals surface area contributed by atoms with Gasteiger partial charge in [-0.15, -0.1) is 0 Å². The Balaban J connectivity index is 1.45. The number of hydrogen-bond acceptors (Lipinski definition) is 5. The van der Waals surface area contributed by atoms with E-state index < -0.39 is 45.3 Å². The highest BCUT2D eigenvalue weighted by Gasteiger charge is 2.46. The molecule has 0 aromatic heterocycles. The van der Waals surface area contributed by atoms with E-state index in [9.17, 15) is 30.8 Å². The third-order valence-electron chi connectivity index (χ3n) is 6.69. The van der Waals surface area contributed by atoms with E-state index in [1.807, 2.05) is 0 Å². The Kier molecular flexibility index (Phi) is 8.25. The van der Waals surface area contributed by atoms with Crippen LogP contribution in [0.4, 0.5) is 22.0 Å². The molecule has 1 atom stereocenters. The third kappa shape index (κ3) is 6.95. The maximum Gasteiger partial charge on any atom is 0.408 e. The summed E-state index contributed by atoms with van der Waals surface area (Å²) in [7, 11) is -3.91. The van der Waals surface area contributed by atoms with Crippen molar-refractivity contribution >= 4 is 27.5 Å². The molecule has 2 aromatic carbocycles. The zero-order valence-corrected chi connectivity index (χ0v) is 21.9. The van der Waals surface area contributed by atoms with Gasteiger partial charge in [0, 0.05) is 5.02 Å². The lowest BCUT2D eigenvalue weighted by atomic mass is 9.94. The van der Waals surface area contributed by atoms with Crippen molar-refractivity contribution in [3.8, 4) is 5.75 Å². The van der Waals surface area contributed by atoms with Crippen LogP contribution in [-0.4, -0.2) is 51.4 Å². The average Bonchev–Trinajstić information content (AvgIpc) is 3.64. The van der Waals surface area contributed by atoms with E-state index in [4.69, 9.17) is 16.3 Å². The Bertz CT molecular complexity index is 1310. The van der Waals surface area contributed by atoms with Crippen molar-refractivity contribution < 1.29 is 39.9 Å². The van der Waals surface area contributed by atoms with Gasteiger partial charge in [-0.25, -0.2) is 21.9 Å². The van der Waals surface area contributed by atoms with Crippen molar-refractivity contribution in [2.75, 3.05) is 26.0 Å². The second-order valence-corrected chi connectivity index (χ2v) is 11.9. The highest BCUT2D eigenvalue weighted by Crippen LogP contribution is 2.44. The second kappa shape index (κ2) is 11.0. The molecule has 2 aromatic rings. The number of rotatable bonds is 8. The van der Waals surface area contributed by atoms with Crippen LogP contribution in [0.5, 0.6) is 5.75 Å². The fourth-order valence-electron chi connectivity index (χ4n) is 4.65. The van der Waals surface area contributed by atoms with Crippen molar-refractivity contribution in [1.29, 1.82) is 0 Å². The molecule has 0 radical (unpaired) electrons. The number of ether oxygens (including phenoxy) is 1. The number of carbonyl (C=O) groups excluding carboxylic acids is 1. The van der Waals surface area contributed by atoms with Gasteiger partial charge in [-0.2, -0.15) is 13.2 Å². The normalized spacial score (nSPS) is 18.3. The number of piperidine rings is 1. The smallest absolute Gasteiger partial charge is 0.408 e. The predicted octanol–water partition coefficient (Wildman–Crippen LogP) is 5.58. The first kappa shape index (κ1) is 28.6. The summed E-state index contributed by atoms with van der Waals surface area (Å²) in [6.07, 6.45) is -1.54. The van der Waals surface area contributed by atoms with Gasteiger partial charge < -0.3 is 4.74 Å². The number of sulfonamides is 1. The number of alkyl halides is 3. The average molecular weight is 581 g/mol. The zero-order valence-electron chi connectivity index (χ0n) is 20.3. The van der Waals surface area contributed by atoms with Crippen LogP contribution in [0.25, 0.3) is 0 Å². The number of likely N-dealkylation sites (tertiary alicyclic amines) is 1. The molecule has 1 unspecified atom stereocenters. The maximum atomic E-state index is 15.1. The molecule has 1 saturated heterocycles. The third-order valence-corrected chi connectivity index (χ3v) is 7.57. The maximum absolute atomic E-state index is 15.1. The lowest BCUT2D eigenvalue weighted by Crippen LogP contribution is -2.44. The Hall–Kier alpha value is -2.44. The number of carbonyl (C=O) groups is 1. The molecule has 1 saturated carbocycles. The summed E-state index contributed by atoms with van der Waals surface area (Å²) >= 11 is 5.94. The van der Waals surface area contributed by atoms with E-state index in [1.54, 1.807) is 4.72 Å². The van der Waals surface area contributed by atoms with Crippen molar-refractivity contribution in [3.63, 3.8) is 0 Å². The van der Waals surface area contributed by atoms with Crippen LogP contribution in [-0.2, 0) is 10.0 Å². The summed E-state index contributed by atoms with van der Waals surface area (Å²) in [5.74, 6) is -3.13. The molecule has 208 valence electrons. The van der Waals surface area contributed by atoms with Gasteiger partial charge in [-0.3, -0.25) is 9.69 Å². The summed E-state index contributed by atoms with van der Waals surface area (Å²) in [6.45, 7) is 0.108. The van der Waals surface area contributed by atoms with E-state index in [0.29, 0.717) is 18.4 Å². The summed E-state index contributed by atoms with van der Waals surface area (Å²) in [4.78, 5) is 13.6. The fourth-order valence-corrected chi connectivity index (χ4v) is 5.37. The Labute approximate surface area is 222 Å². The van der Waals surface area contributed by atoms with Gasteiger partial charge in [-0.1, -0.05) is 17.7 Å². The minimum atomic E-state index is -4.64. The molecule has 1 aliphatic heterocycles. The summed E-state index contributed by atoms with van der Waals surface area (Å²) in [5.41, 5.74) is -0.0259. The van der Waals surface area contributed by atoms with Crippen LogP contribution in [0.2, 0.25) is 5.02 Å². The van der Waals surface area contributed by atoms with Gasteiger partial charge >= 0.3 is 6.18 Å². The molecule has 4 rings (SSSR count). The SMILES string of the molecule is CS(=O)(=O)NC(=O)c1cc(C2CC2)cc(OCC2CCN(C(c3ccc(F)cc3Cl)C(F)(F)F)CC2)c1F. The molecule has 2 aliphatic rings. The van der Waals surface area contributed by atoms with Crippen LogP contribution in [0.15, 0.2) is 30.3 Å². The predicted molar refractivity (Wildman–Crippen MR) is 131 cm³/mol. The summed E-state index contributed by atoms with van der Waals surface area (Å²) in [5, 5.41) is -0.306. The second-order valence-electron chi connectivity index (χ2n) is 9.76. The molecule has 0 bridgehead atoms. The minimum Gasteiger partial charge on any atom is -0.490 e. The molecule has 2 fully saturated rings. The van der Waals surface area contributed by atoms with E-state index in [0.717, 1.165) is 37.3 Å². The molecule has 1 heterocycles. The molecule has 1 N–H and O–H groups in total. The minimum absolute atomic E-state index is 0.00000432. The Morgan fingerprint density at radius 1 is 1.13 bits per heavy atom. The molecule has 1 amide bonds. The highest BCUT2D eigenvalue weighted by molar-refractivity contribution is 7.89. The first-order chi connectivity index (χ1) is 17.7. The summed E-state index contributed by atoms with van der Waals surface area (Å²) < 4.78 is 101. The first-order valence-electron chi connectivity index (χ1n) is 12.0. The van der Waals surface area contributed by atoms with Crippen LogP contribution in [0.1, 0.15) is 59.1 Å². The van der Waals surface area contributed by atoms with E-state index in [2.05, 4.69) is 0 Å². The van der Waals surface area contributed by atoms with Crippen molar-refractivity contribution in [3.05, 3.63) is 63.7 Å². The largest absolute Gasteiger partial charge is 0.490 e. The number of nitrogens with one attached hydrogen (secondary N) is 1. The van der Waals surface area contributed by atoms with Gasteiger partial charge in [0.1, 0.15) is 11.9 Å². The fraction of sp³-hybridized carbons (Fsp3) is 0.480. The Morgan fingerprint density at radius 3 is 2.34 bits per heavy atom. The highest BCUT2D eigenvalue weighted by atomic mass is 35.5. The van der Waals surface area contributed by atoms with Gasteiger partial charge in [0.25, 0.3) is 5.91 Å². The topological polar surface area (TPSA) is 75.7 Å². The van der Waals surface area contributed by atoms with E-state index >= 15 is 4.39 Å². The molecule has 13 heteroatoms. The van der Waals surface area contributed by atoms with Gasteiger partial charge in [0.2, 0.25) is 10.0 Å². The van der Waals surface area contributed by atoms with Gasteiger partial charge in [0.05, 0.1) is 18.4 Å². The number of nitrogens with zero attached hydrogens (tertiary/aromatic N) is 1. The van der Waals surface area contributed by atoms with Crippen molar-refractivity contribution in [2.24, 2.45) is 5.92 Å². The Morgan fingerprint density at radius 2 is 1.79 bits per heavy atom. The molecule has 0 spiro atoms. The van der Waals surface area contributed by atoms with Crippen molar-refractivity contribution in [2.45, 2.75) is 43.8 Å². The lowest BCUT2D eigenvalue weighted by molar-refractivity contribution is -0.190. The van der Waals surface area contributed by atoms with E-state index in [-0.39, 0.29) is 47.9 Å². The number of hydrogen-bond donors (Lipinski definition) is 1. The molecule has 6 nitrogen and oxygen atoms in total. The number of amides is 1. The molecule has 38 heavy (non-hydrogen) atoms. The molecular formula is C25H26ClF5N2O4S. The van der Waals surface area contributed by atoms with Crippen LogP contribution < -0.4 is 9.46 Å². The monoisotopic (exact) mass is 580 g/mol. The lowest BCUT2D eigenvalue weighted by Gasteiger charge is -2.38.